The molecule has 0 bridgehead atoms. The predicted octanol–water partition coefficient (Wildman–Crippen LogP) is 4.94. The third-order valence-corrected chi connectivity index (χ3v) is 5.66. The first-order valence-electron chi connectivity index (χ1n) is 11.2. The molecule has 0 aliphatic carbocycles. The maximum Gasteiger partial charge on any atom is 0.274 e. The van der Waals surface area contributed by atoms with Gasteiger partial charge < -0.3 is 9.72 Å². The number of carbonyl (C=O) groups is 2. The Morgan fingerprint density at radius 3 is 2.47 bits per heavy atom. The fraction of sp³-hybridized carbons (Fsp3) is 0.0357. The van der Waals surface area contributed by atoms with Crippen LogP contribution in [0.2, 0.25) is 0 Å². The molecule has 1 heterocycles. The van der Waals surface area contributed by atoms with Crippen LogP contribution in [0.15, 0.2) is 96.6 Å². The normalized spacial score (nSPS) is 11.4. The molecular formula is C28H22N4O4. The smallest absolute Gasteiger partial charge is 0.274 e. The fourth-order valence-corrected chi connectivity index (χ4v) is 3.85. The maximum atomic E-state index is 13.3. The topological polar surface area (TPSA) is 116 Å². The number of nitrogens with zero attached hydrogens (tertiary/aromatic N) is 1. The fourth-order valence-electron chi connectivity index (χ4n) is 3.85. The summed E-state index contributed by atoms with van der Waals surface area (Å²) in [4.78, 5) is 32.4. The van der Waals surface area contributed by atoms with Crippen LogP contribution < -0.4 is 15.5 Å². The number of aromatic nitrogens is 2. The van der Waals surface area contributed by atoms with Crippen LogP contribution in [0.25, 0.3) is 27.9 Å². The highest BCUT2D eigenvalue weighted by Crippen LogP contribution is 2.26. The molecule has 0 aliphatic heterocycles. The lowest BCUT2D eigenvalue weighted by Gasteiger charge is -2.12. The van der Waals surface area contributed by atoms with Crippen LogP contribution in [0.5, 0.6) is 5.75 Å². The number of imidazole rings is 1. The van der Waals surface area contributed by atoms with Crippen LogP contribution in [0.4, 0.5) is 5.95 Å². The van der Waals surface area contributed by atoms with Crippen LogP contribution in [0.3, 0.4) is 0 Å². The van der Waals surface area contributed by atoms with Crippen molar-refractivity contribution in [2.75, 3.05) is 11.9 Å². The van der Waals surface area contributed by atoms with Crippen molar-refractivity contribution in [3.63, 3.8) is 0 Å². The first kappa shape index (κ1) is 22.8. The van der Waals surface area contributed by atoms with Gasteiger partial charge in [0.2, 0.25) is 5.95 Å². The van der Waals surface area contributed by atoms with Gasteiger partial charge in [-0.3, -0.25) is 20.1 Å². The molecule has 8 heteroatoms. The van der Waals surface area contributed by atoms with Gasteiger partial charge in [-0.1, -0.05) is 60.7 Å². The molecule has 0 fully saturated rings. The molecule has 2 amide bonds. The van der Waals surface area contributed by atoms with E-state index in [-0.39, 0.29) is 18.1 Å². The Bertz CT molecular complexity index is 1550. The molecule has 0 aliphatic rings. The van der Waals surface area contributed by atoms with Crippen molar-refractivity contribution in [2.45, 2.75) is 0 Å². The van der Waals surface area contributed by atoms with Crippen molar-refractivity contribution in [3.05, 3.63) is 108 Å². The summed E-state index contributed by atoms with van der Waals surface area (Å²) in [6, 6.07) is 27.6. The minimum atomic E-state index is -0.618. The molecule has 5 rings (SSSR count). The van der Waals surface area contributed by atoms with Crippen molar-refractivity contribution >= 4 is 45.6 Å². The van der Waals surface area contributed by atoms with Gasteiger partial charge in [-0.15, -0.1) is 0 Å². The van der Waals surface area contributed by atoms with E-state index in [2.05, 4.69) is 15.3 Å². The van der Waals surface area contributed by atoms with E-state index in [1.54, 1.807) is 35.8 Å². The monoisotopic (exact) mass is 478 g/mol. The highest BCUT2D eigenvalue weighted by molar-refractivity contribution is 6.07. The van der Waals surface area contributed by atoms with Crippen molar-refractivity contribution in [2.24, 2.45) is 0 Å². The van der Waals surface area contributed by atoms with Crippen LogP contribution in [-0.2, 0) is 4.79 Å². The Hall–Kier alpha value is -4.95. The van der Waals surface area contributed by atoms with E-state index in [0.29, 0.717) is 22.8 Å². The van der Waals surface area contributed by atoms with Crippen molar-refractivity contribution in [1.82, 2.24) is 15.4 Å². The van der Waals surface area contributed by atoms with Gasteiger partial charge >= 0.3 is 0 Å². The number of fused-ring (bicyclic) bond motifs is 2. The number of ether oxygens (including phenoxy) is 1. The standard InChI is InChI=1S/C28H22N4O4/c33-26(31-28-29-23-9-3-4-10-24(23)30-28)21(16-18-12-14-20(15-13-18)27(34)32-35)17-36-25-11-5-7-19-6-1-2-8-22(19)25/h1-16,35H,17H2,(H,32,34)(H2,29,30,31,33). The molecule has 178 valence electrons. The summed E-state index contributed by atoms with van der Waals surface area (Å²) >= 11 is 0. The largest absolute Gasteiger partial charge is 0.488 e. The Balaban J connectivity index is 1.43. The second-order valence-electron chi connectivity index (χ2n) is 8.06. The molecule has 8 nitrogen and oxygen atoms in total. The van der Waals surface area contributed by atoms with E-state index in [4.69, 9.17) is 9.94 Å². The van der Waals surface area contributed by atoms with Gasteiger partial charge in [-0.2, -0.15) is 0 Å². The molecule has 0 saturated heterocycles. The summed E-state index contributed by atoms with van der Waals surface area (Å²) in [7, 11) is 0. The number of amides is 2. The highest BCUT2D eigenvalue weighted by Gasteiger charge is 2.15. The van der Waals surface area contributed by atoms with Crippen LogP contribution in [-0.4, -0.2) is 33.6 Å². The summed E-state index contributed by atoms with van der Waals surface area (Å²) in [6.07, 6.45) is 1.68. The lowest BCUT2D eigenvalue weighted by atomic mass is 10.1. The van der Waals surface area contributed by atoms with Crippen LogP contribution in [0.1, 0.15) is 15.9 Å². The van der Waals surface area contributed by atoms with E-state index in [1.807, 2.05) is 66.7 Å². The number of hydrogen-bond donors (Lipinski definition) is 4. The Morgan fingerprint density at radius 1 is 0.917 bits per heavy atom. The SMILES string of the molecule is O=C(Nc1nc2ccccc2[nH]1)C(=Cc1ccc(C(=O)NO)cc1)COc1cccc2ccccc12. The lowest BCUT2D eigenvalue weighted by Crippen LogP contribution is -2.20. The molecule has 4 aromatic carbocycles. The van der Waals surface area contributed by atoms with E-state index in [1.165, 1.54) is 0 Å². The number of nitrogens with one attached hydrogen (secondary N) is 3. The average molecular weight is 479 g/mol. The first-order chi connectivity index (χ1) is 17.6. The molecule has 36 heavy (non-hydrogen) atoms. The number of anilines is 1. The summed E-state index contributed by atoms with van der Waals surface area (Å²) in [5.41, 5.74) is 4.47. The van der Waals surface area contributed by atoms with Gasteiger partial charge in [0.05, 0.1) is 16.6 Å². The quantitative estimate of drug-likeness (QED) is 0.150. The number of hydrogen-bond acceptors (Lipinski definition) is 5. The van der Waals surface area contributed by atoms with Gasteiger partial charge in [-0.05, 0) is 47.4 Å². The average Bonchev–Trinajstić information content (AvgIpc) is 3.33. The van der Waals surface area contributed by atoms with Crippen molar-refractivity contribution in [3.8, 4) is 5.75 Å². The Kier molecular flexibility index (Phi) is 6.42. The first-order valence-corrected chi connectivity index (χ1v) is 11.2. The zero-order valence-corrected chi connectivity index (χ0v) is 19.1. The summed E-state index contributed by atoms with van der Waals surface area (Å²) in [6.45, 7) is -0.00104. The number of benzene rings is 4. The molecular weight excluding hydrogens is 456 g/mol. The maximum absolute atomic E-state index is 13.3. The molecule has 0 unspecified atom stereocenters. The van der Waals surface area contributed by atoms with Gasteiger partial charge in [0.25, 0.3) is 11.8 Å². The predicted molar refractivity (Wildman–Crippen MR) is 138 cm³/mol. The summed E-state index contributed by atoms with van der Waals surface area (Å²) in [5.74, 6) is -0.0168. The second-order valence-corrected chi connectivity index (χ2v) is 8.06. The Morgan fingerprint density at radius 2 is 1.67 bits per heavy atom. The van der Waals surface area contributed by atoms with Crippen LogP contribution >= 0.6 is 0 Å². The lowest BCUT2D eigenvalue weighted by molar-refractivity contribution is -0.113. The van der Waals surface area contributed by atoms with E-state index in [0.717, 1.165) is 21.8 Å². The number of para-hydroxylation sites is 2. The van der Waals surface area contributed by atoms with Crippen LogP contribution in [0, 0.1) is 0 Å². The highest BCUT2D eigenvalue weighted by atomic mass is 16.5. The molecule has 5 aromatic rings. The number of hydroxylamine groups is 1. The van der Waals surface area contributed by atoms with Gasteiger partial charge in [0.15, 0.2) is 0 Å². The number of aromatic amines is 1. The number of rotatable bonds is 7. The van der Waals surface area contributed by atoms with Gasteiger partial charge in [-0.25, -0.2) is 10.5 Å². The number of H-pyrrole nitrogens is 1. The Labute approximate surface area is 206 Å². The molecule has 0 saturated carbocycles. The second kappa shape index (κ2) is 10.1. The van der Waals surface area contributed by atoms with E-state index < -0.39 is 5.91 Å². The summed E-state index contributed by atoms with van der Waals surface area (Å²) in [5, 5.41) is 13.6. The zero-order chi connectivity index (χ0) is 24.9. The van der Waals surface area contributed by atoms with Gasteiger partial charge in [0, 0.05) is 10.9 Å². The zero-order valence-electron chi connectivity index (χ0n) is 19.1. The summed E-state index contributed by atoms with van der Waals surface area (Å²) < 4.78 is 6.09. The molecule has 0 atom stereocenters. The van der Waals surface area contributed by atoms with E-state index >= 15 is 0 Å². The minimum absolute atomic E-state index is 0.00104. The minimum Gasteiger partial charge on any atom is -0.488 e. The van der Waals surface area contributed by atoms with Crippen molar-refractivity contribution < 1.29 is 19.5 Å². The molecule has 0 spiro atoms. The van der Waals surface area contributed by atoms with Gasteiger partial charge in [0.1, 0.15) is 12.4 Å². The molecule has 0 radical (unpaired) electrons. The molecule has 4 N–H and O–H groups in total. The number of carbonyl (C=O) groups excluding carboxylic acids is 2. The molecule has 1 aromatic heterocycles. The van der Waals surface area contributed by atoms with E-state index in [9.17, 15) is 9.59 Å². The third kappa shape index (κ3) is 4.94. The van der Waals surface area contributed by atoms with Crippen molar-refractivity contribution in [1.29, 1.82) is 0 Å². The third-order valence-electron chi connectivity index (χ3n) is 5.66.